The molecule has 1 atom stereocenters. The molecule has 1 aromatic heterocycles. The topological polar surface area (TPSA) is 85.1 Å². The Hall–Kier alpha value is -2.58. The molecule has 9 heteroatoms. The van der Waals surface area contributed by atoms with Crippen LogP contribution in [0.15, 0.2) is 28.8 Å². The number of rotatable bonds is 8. The van der Waals surface area contributed by atoms with Gasteiger partial charge in [0.05, 0.1) is 25.5 Å². The third-order valence-electron chi connectivity index (χ3n) is 7.02. The van der Waals surface area contributed by atoms with Gasteiger partial charge in [0, 0.05) is 55.0 Å². The first-order chi connectivity index (χ1) is 16.8. The average Bonchev–Trinajstić information content (AvgIpc) is 3.19. The molecule has 0 spiro atoms. The summed E-state index contributed by atoms with van der Waals surface area (Å²) in [7, 11) is 0. The van der Waals surface area contributed by atoms with Crippen LogP contribution in [0.4, 0.5) is 0 Å². The molecule has 0 bridgehead atoms. The number of benzene rings is 1. The van der Waals surface area contributed by atoms with E-state index in [1.165, 1.54) is 0 Å². The Balaban J connectivity index is 1.46. The maximum atomic E-state index is 13.2. The fourth-order valence-corrected chi connectivity index (χ4v) is 5.20. The molecule has 8 nitrogen and oxygen atoms in total. The van der Waals surface area contributed by atoms with Crippen LogP contribution in [-0.4, -0.2) is 72.8 Å². The molecule has 0 radical (unpaired) electrons. The zero-order valence-corrected chi connectivity index (χ0v) is 21.3. The summed E-state index contributed by atoms with van der Waals surface area (Å²) >= 11 is 6.13. The van der Waals surface area contributed by atoms with Crippen molar-refractivity contribution >= 4 is 23.4 Å². The Kier molecular flexibility index (Phi) is 8.34. The maximum Gasteiger partial charge on any atom is 0.223 e. The van der Waals surface area contributed by atoms with E-state index in [-0.39, 0.29) is 11.8 Å². The summed E-state index contributed by atoms with van der Waals surface area (Å²) in [5.74, 6) is 1.59. The molecule has 4 rings (SSSR count). The van der Waals surface area contributed by atoms with Crippen molar-refractivity contribution in [3.05, 3.63) is 46.3 Å². The first-order valence-corrected chi connectivity index (χ1v) is 12.7. The van der Waals surface area contributed by atoms with Crippen LogP contribution >= 0.6 is 11.6 Å². The number of hydrogen-bond acceptors (Lipinski definition) is 6. The van der Waals surface area contributed by atoms with E-state index in [1.54, 1.807) is 12.1 Å². The highest BCUT2D eigenvalue weighted by molar-refractivity contribution is 6.30. The monoisotopic (exact) mass is 503 g/mol. The molecule has 0 aliphatic carbocycles. The maximum absolute atomic E-state index is 13.2. The van der Waals surface area contributed by atoms with E-state index in [2.05, 4.69) is 5.16 Å². The van der Waals surface area contributed by atoms with Gasteiger partial charge in [0.2, 0.25) is 11.8 Å². The van der Waals surface area contributed by atoms with Gasteiger partial charge in [-0.3, -0.25) is 9.59 Å². The fourth-order valence-electron chi connectivity index (χ4n) is 5.02. The molecule has 2 amide bonds. The van der Waals surface area contributed by atoms with E-state index in [0.717, 1.165) is 29.9 Å². The van der Waals surface area contributed by atoms with Crippen LogP contribution in [0.25, 0.3) is 0 Å². The minimum Gasteiger partial charge on any atom is -0.493 e. The summed E-state index contributed by atoms with van der Waals surface area (Å²) in [5.41, 5.74) is 1.36. The summed E-state index contributed by atoms with van der Waals surface area (Å²) < 4.78 is 16.8. The minimum absolute atomic E-state index is 0.0793. The van der Waals surface area contributed by atoms with Gasteiger partial charge in [-0.2, -0.15) is 0 Å². The van der Waals surface area contributed by atoms with Crippen LogP contribution in [0.3, 0.4) is 0 Å². The lowest BCUT2D eigenvalue weighted by molar-refractivity contribution is -0.143. The van der Waals surface area contributed by atoms with Crippen molar-refractivity contribution in [2.75, 3.05) is 46.0 Å². The molecule has 2 aromatic rings. The zero-order chi connectivity index (χ0) is 24.8. The third-order valence-corrected chi connectivity index (χ3v) is 7.25. The van der Waals surface area contributed by atoms with Crippen molar-refractivity contribution in [2.24, 2.45) is 5.41 Å². The predicted molar refractivity (Wildman–Crippen MR) is 132 cm³/mol. The number of ether oxygens (including phenoxy) is 2. The number of carbonyl (C=O) groups is 2. The van der Waals surface area contributed by atoms with E-state index in [9.17, 15) is 9.59 Å². The molecular weight excluding hydrogens is 470 g/mol. The van der Waals surface area contributed by atoms with E-state index >= 15 is 0 Å². The number of aryl methyl sites for hydroxylation is 2. The van der Waals surface area contributed by atoms with Crippen LogP contribution in [-0.2, 0) is 20.7 Å². The van der Waals surface area contributed by atoms with Crippen molar-refractivity contribution in [3.63, 3.8) is 0 Å². The highest BCUT2D eigenvalue weighted by Crippen LogP contribution is 2.36. The number of hydrogen-bond donors (Lipinski definition) is 0. The number of carbonyl (C=O) groups excluding carboxylic acids is 2. The molecule has 35 heavy (non-hydrogen) atoms. The van der Waals surface area contributed by atoms with Crippen molar-refractivity contribution in [1.29, 1.82) is 0 Å². The van der Waals surface area contributed by atoms with Crippen molar-refractivity contribution < 1.29 is 23.6 Å². The van der Waals surface area contributed by atoms with E-state index in [4.69, 9.17) is 25.6 Å². The van der Waals surface area contributed by atoms with Crippen LogP contribution in [0, 0.1) is 19.3 Å². The van der Waals surface area contributed by atoms with Gasteiger partial charge in [0.1, 0.15) is 11.5 Å². The second kappa shape index (κ2) is 11.4. The van der Waals surface area contributed by atoms with E-state index in [1.807, 2.05) is 35.8 Å². The molecule has 2 fully saturated rings. The summed E-state index contributed by atoms with van der Waals surface area (Å²) in [4.78, 5) is 30.2. The van der Waals surface area contributed by atoms with Gasteiger partial charge in [0.15, 0.2) is 0 Å². The van der Waals surface area contributed by atoms with Crippen molar-refractivity contribution in [1.82, 2.24) is 15.0 Å². The van der Waals surface area contributed by atoms with Crippen molar-refractivity contribution in [2.45, 2.75) is 46.0 Å². The number of likely N-dealkylation sites (tertiary alicyclic amines) is 1. The second-order valence-electron chi connectivity index (χ2n) is 9.64. The second-order valence-corrected chi connectivity index (χ2v) is 10.1. The summed E-state index contributed by atoms with van der Waals surface area (Å²) in [6.45, 7) is 7.61. The highest BCUT2D eigenvalue weighted by atomic mass is 35.5. The molecule has 0 N–H and O–H groups in total. The Morgan fingerprint density at radius 2 is 1.94 bits per heavy atom. The van der Waals surface area contributed by atoms with Gasteiger partial charge in [-0.15, -0.1) is 0 Å². The normalized spacial score (nSPS) is 20.7. The van der Waals surface area contributed by atoms with Gasteiger partial charge in [-0.05, 0) is 51.3 Å². The van der Waals surface area contributed by atoms with Crippen LogP contribution in [0.1, 0.15) is 42.7 Å². The number of amides is 2. The Morgan fingerprint density at radius 1 is 1.14 bits per heavy atom. The van der Waals surface area contributed by atoms with Gasteiger partial charge < -0.3 is 23.8 Å². The van der Waals surface area contributed by atoms with Crippen LogP contribution in [0.5, 0.6) is 5.75 Å². The van der Waals surface area contributed by atoms with Gasteiger partial charge in [0.25, 0.3) is 0 Å². The fraction of sp³-hybridized carbons (Fsp3) is 0.577. The molecule has 0 saturated carbocycles. The number of piperidine rings is 1. The molecule has 2 aliphatic heterocycles. The SMILES string of the molecule is Cc1noc(C)c1CCC(=O)N1CCCC(COc2cccc(Cl)c2)(CC(=O)N2CCOCC2)C1. The summed E-state index contributed by atoms with van der Waals surface area (Å²) in [6.07, 6.45) is 2.95. The molecule has 190 valence electrons. The minimum atomic E-state index is -0.464. The Morgan fingerprint density at radius 3 is 2.66 bits per heavy atom. The van der Waals surface area contributed by atoms with Gasteiger partial charge in [-0.1, -0.05) is 22.8 Å². The highest BCUT2D eigenvalue weighted by Gasteiger charge is 2.41. The van der Waals surface area contributed by atoms with E-state index in [0.29, 0.717) is 76.0 Å². The number of nitrogens with zero attached hydrogens (tertiary/aromatic N) is 3. The van der Waals surface area contributed by atoms with Gasteiger partial charge >= 0.3 is 0 Å². The lowest BCUT2D eigenvalue weighted by Gasteiger charge is -2.43. The van der Waals surface area contributed by atoms with Gasteiger partial charge in [-0.25, -0.2) is 0 Å². The number of halogens is 1. The molecule has 2 saturated heterocycles. The third kappa shape index (κ3) is 6.55. The summed E-state index contributed by atoms with van der Waals surface area (Å²) in [6, 6.07) is 7.27. The number of aromatic nitrogens is 1. The largest absolute Gasteiger partial charge is 0.493 e. The molecule has 3 heterocycles. The van der Waals surface area contributed by atoms with Crippen molar-refractivity contribution in [3.8, 4) is 5.75 Å². The van der Waals surface area contributed by atoms with Crippen LogP contribution in [0.2, 0.25) is 5.02 Å². The molecule has 1 aromatic carbocycles. The van der Waals surface area contributed by atoms with Crippen LogP contribution < -0.4 is 4.74 Å². The Bertz CT molecular complexity index is 1020. The standard InChI is InChI=1S/C26H34ClN3O5/c1-19-23(20(2)35-28-19)7-8-24(31)30-10-4-9-26(17-30,16-25(32)29-11-13-33-14-12-29)18-34-22-6-3-5-21(27)15-22/h3,5-6,15H,4,7-14,16-18H2,1-2H3. The molecular formula is C26H34ClN3O5. The number of morpholine rings is 1. The molecule has 1 unspecified atom stereocenters. The molecule has 2 aliphatic rings. The first kappa shape index (κ1) is 25.5. The smallest absolute Gasteiger partial charge is 0.223 e. The Labute approximate surface area is 211 Å². The lowest BCUT2D eigenvalue weighted by atomic mass is 9.77. The first-order valence-electron chi connectivity index (χ1n) is 12.3. The van der Waals surface area contributed by atoms with E-state index < -0.39 is 5.41 Å². The summed E-state index contributed by atoms with van der Waals surface area (Å²) in [5, 5.41) is 4.59. The quantitative estimate of drug-likeness (QED) is 0.544. The zero-order valence-electron chi connectivity index (χ0n) is 20.6. The average molecular weight is 504 g/mol. The predicted octanol–water partition coefficient (Wildman–Crippen LogP) is 3.81. The lowest BCUT2D eigenvalue weighted by Crippen LogP contribution is -2.52.